The number of rotatable bonds is 7. The molecule has 29 heavy (non-hydrogen) atoms. The van der Waals surface area contributed by atoms with Gasteiger partial charge in [-0.25, -0.2) is 13.2 Å². The zero-order valence-electron chi connectivity index (χ0n) is 15.9. The molecule has 3 aromatic rings. The lowest BCUT2D eigenvalue weighted by molar-refractivity contribution is -0.905. The van der Waals surface area contributed by atoms with Gasteiger partial charge in [0.05, 0.1) is 17.8 Å². The lowest BCUT2D eigenvalue weighted by atomic mass is 10.0. The van der Waals surface area contributed by atoms with Crippen molar-refractivity contribution in [2.24, 2.45) is 0 Å². The monoisotopic (exact) mass is 403 g/mol. The van der Waals surface area contributed by atoms with Crippen molar-refractivity contribution in [3.63, 3.8) is 0 Å². The van der Waals surface area contributed by atoms with E-state index in [0.29, 0.717) is 13.1 Å². The van der Waals surface area contributed by atoms with E-state index in [1.165, 1.54) is 0 Å². The van der Waals surface area contributed by atoms with Crippen LogP contribution in [0.3, 0.4) is 0 Å². The van der Waals surface area contributed by atoms with Crippen LogP contribution in [0.2, 0.25) is 0 Å². The molecule has 0 aliphatic heterocycles. The van der Waals surface area contributed by atoms with Crippen LogP contribution in [0.15, 0.2) is 48.5 Å². The summed E-state index contributed by atoms with van der Waals surface area (Å²) in [6.07, 6.45) is 0.785. The number of aromatic hydroxyl groups is 1. The quantitative estimate of drug-likeness (QED) is 0.530. The van der Waals surface area contributed by atoms with Crippen LogP contribution >= 0.6 is 0 Å². The number of anilines is 1. The van der Waals surface area contributed by atoms with Crippen molar-refractivity contribution in [2.75, 3.05) is 18.4 Å². The van der Waals surface area contributed by atoms with Gasteiger partial charge in [0.2, 0.25) is 0 Å². The number of fused-ring (bicyclic) bond motifs is 1. The van der Waals surface area contributed by atoms with Crippen LogP contribution in [-0.4, -0.2) is 24.1 Å². The van der Waals surface area contributed by atoms with Crippen LogP contribution in [0, 0.1) is 17.5 Å². The van der Waals surface area contributed by atoms with Crippen molar-refractivity contribution in [3.05, 3.63) is 71.5 Å². The predicted molar refractivity (Wildman–Crippen MR) is 105 cm³/mol. The SMILES string of the molecule is CCC[NH+](CC(=O)Nc1ccc(F)c(F)c1F)Cc1c(O)ccc2ccccc12. The summed E-state index contributed by atoms with van der Waals surface area (Å²) in [4.78, 5) is 13.3. The number of hydrogen-bond acceptors (Lipinski definition) is 2. The van der Waals surface area contributed by atoms with E-state index < -0.39 is 29.0 Å². The molecule has 1 amide bonds. The largest absolute Gasteiger partial charge is 0.507 e. The summed E-state index contributed by atoms with van der Waals surface area (Å²) >= 11 is 0. The molecule has 0 spiro atoms. The van der Waals surface area contributed by atoms with Crippen molar-refractivity contribution in [1.82, 2.24) is 0 Å². The minimum Gasteiger partial charge on any atom is -0.507 e. The first-order valence-corrected chi connectivity index (χ1v) is 9.37. The van der Waals surface area contributed by atoms with Gasteiger partial charge in [-0.1, -0.05) is 37.3 Å². The van der Waals surface area contributed by atoms with Crippen LogP contribution in [-0.2, 0) is 11.3 Å². The third-order valence-corrected chi connectivity index (χ3v) is 4.77. The van der Waals surface area contributed by atoms with E-state index in [-0.39, 0.29) is 12.3 Å². The van der Waals surface area contributed by atoms with Crippen molar-refractivity contribution in [1.29, 1.82) is 0 Å². The number of carbonyl (C=O) groups is 1. The van der Waals surface area contributed by atoms with E-state index >= 15 is 0 Å². The molecule has 3 N–H and O–H groups in total. The number of benzene rings is 3. The van der Waals surface area contributed by atoms with Crippen LogP contribution in [0.25, 0.3) is 10.8 Å². The van der Waals surface area contributed by atoms with Gasteiger partial charge in [0.1, 0.15) is 12.3 Å². The Morgan fingerprint density at radius 3 is 2.55 bits per heavy atom. The van der Waals surface area contributed by atoms with Crippen molar-refractivity contribution in [3.8, 4) is 5.75 Å². The molecule has 0 fully saturated rings. The maximum absolute atomic E-state index is 13.8. The van der Waals surface area contributed by atoms with E-state index in [1.807, 2.05) is 37.3 Å². The highest BCUT2D eigenvalue weighted by Crippen LogP contribution is 2.26. The molecule has 7 heteroatoms. The summed E-state index contributed by atoms with van der Waals surface area (Å²) < 4.78 is 40.2. The predicted octanol–water partition coefficient (Wildman–Crippen LogP) is 3.40. The highest BCUT2D eigenvalue weighted by Gasteiger charge is 2.20. The molecule has 0 aliphatic carbocycles. The number of hydrogen-bond donors (Lipinski definition) is 3. The molecule has 3 aromatic carbocycles. The van der Waals surface area contributed by atoms with Gasteiger partial charge in [-0.15, -0.1) is 0 Å². The smallest absolute Gasteiger partial charge is 0.279 e. The van der Waals surface area contributed by atoms with Gasteiger partial charge >= 0.3 is 0 Å². The highest BCUT2D eigenvalue weighted by molar-refractivity contribution is 5.91. The maximum Gasteiger partial charge on any atom is 0.279 e. The van der Waals surface area contributed by atoms with Crippen molar-refractivity contribution < 1.29 is 28.0 Å². The van der Waals surface area contributed by atoms with Gasteiger partial charge in [0.15, 0.2) is 24.0 Å². The number of phenolic OH excluding ortho intramolecular Hbond substituents is 1. The summed E-state index contributed by atoms with van der Waals surface area (Å²) in [5.41, 5.74) is 0.316. The number of halogens is 3. The highest BCUT2D eigenvalue weighted by atomic mass is 19.2. The molecule has 0 saturated carbocycles. The Morgan fingerprint density at radius 1 is 1.03 bits per heavy atom. The van der Waals surface area contributed by atoms with Crippen molar-refractivity contribution in [2.45, 2.75) is 19.9 Å². The molecule has 4 nitrogen and oxygen atoms in total. The second kappa shape index (κ2) is 8.96. The first kappa shape index (κ1) is 20.7. The third kappa shape index (κ3) is 4.68. The average Bonchev–Trinajstić information content (AvgIpc) is 2.70. The first-order chi connectivity index (χ1) is 13.9. The minimum atomic E-state index is -1.62. The fourth-order valence-electron chi connectivity index (χ4n) is 3.40. The standard InChI is InChI=1S/C22H21F3N2O2/c1-2-11-27(12-16-15-6-4-3-5-14(15)7-10-19(16)28)13-20(29)26-18-9-8-17(23)21(24)22(18)25/h3-10,28H,2,11-13H2,1H3,(H,26,29)/p+1. The molecule has 0 radical (unpaired) electrons. The Balaban J connectivity index is 1.78. The zero-order valence-corrected chi connectivity index (χ0v) is 15.9. The van der Waals surface area contributed by atoms with Gasteiger partial charge in [0.25, 0.3) is 5.91 Å². The molecular formula is C22H22F3N2O2+. The van der Waals surface area contributed by atoms with Crippen LogP contribution in [0.4, 0.5) is 18.9 Å². The van der Waals surface area contributed by atoms with Gasteiger partial charge in [-0.05, 0) is 35.4 Å². The number of carbonyl (C=O) groups excluding carboxylic acids is 1. The summed E-state index contributed by atoms with van der Waals surface area (Å²) in [6.45, 7) is 2.97. The second-order valence-electron chi connectivity index (χ2n) is 6.91. The fourth-order valence-corrected chi connectivity index (χ4v) is 3.40. The zero-order chi connectivity index (χ0) is 21.0. The second-order valence-corrected chi connectivity index (χ2v) is 6.91. The van der Waals surface area contributed by atoms with Crippen LogP contribution in [0.5, 0.6) is 5.75 Å². The van der Waals surface area contributed by atoms with Crippen LogP contribution < -0.4 is 10.2 Å². The Morgan fingerprint density at radius 2 is 1.79 bits per heavy atom. The maximum atomic E-state index is 13.8. The fraction of sp³-hybridized carbons (Fsp3) is 0.227. The molecule has 0 bridgehead atoms. The molecule has 0 saturated heterocycles. The summed E-state index contributed by atoms with van der Waals surface area (Å²) in [7, 11) is 0. The Hall–Kier alpha value is -3.06. The molecular weight excluding hydrogens is 381 g/mol. The van der Waals surface area contributed by atoms with Gasteiger partial charge in [-0.2, -0.15) is 0 Å². The topological polar surface area (TPSA) is 53.8 Å². The lowest BCUT2D eigenvalue weighted by Crippen LogP contribution is -3.11. The number of phenols is 1. The molecule has 1 unspecified atom stereocenters. The molecule has 0 aromatic heterocycles. The molecule has 1 atom stereocenters. The third-order valence-electron chi connectivity index (χ3n) is 4.77. The van der Waals surface area contributed by atoms with E-state index in [1.54, 1.807) is 6.07 Å². The average molecular weight is 403 g/mol. The summed E-state index contributed by atoms with van der Waals surface area (Å²) in [5, 5.41) is 14.5. The lowest BCUT2D eigenvalue weighted by Gasteiger charge is -2.20. The number of quaternary nitrogens is 1. The minimum absolute atomic E-state index is 0.0189. The Labute approximate surface area is 166 Å². The first-order valence-electron chi connectivity index (χ1n) is 9.37. The van der Waals surface area contributed by atoms with Crippen molar-refractivity contribution >= 4 is 22.4 Å². The van der Waals surface area contributed by atoms with E-state index in [4.69, 9.17) is 0 Å². The summed E-state index contributed by atoms with van der Waals surface area (Å²) in [6, 6.07) is 12.8. The molecule has 0 heterocycles. The van der Waals surface area contributed by atoms with Gasteiger partial charge in [0, 0.05) is 0 Å². The van der Waals surface area contributed by atoms with E-state index in [9.17, 15) is 23.1 Å². The normalized spacial score (nSPS) is 12.1. The van der Waals surface area contributed by atoms with Gasteiger partial charge < -0.3 is 15.3 Å². The number of nitrogens with one attached hydrogen (secondary N) is 2. The molecule has 3 rings (SSSR count). The van der Waals surface area contributed by atoms with E-state index in [2.05, 4.69) is 5.32 Å². The number of amides is 1. The molecule has 152 valence electrons. The molecule has 0 aliphatic rings. The van der Waals surface area contributed by atoms with Crippen LogP contribution in [0.1, 0.15) is 18.9 Å². The Kier molecular flexibility index (Phi) is 6.39. The Bertz CT molecular complexity index is 1040. The van der Waals surface area contributed by atoms with E-state index in [0.717, 1.165) is 39.8 Å². The van der Waals surface area contributed by atoms with Gasteiger partial charge in [-0.3, -0.25) is 4.79 Å². The summed E-state index contributed by atoms with van der Waals surface area (Å²) in [5.74, 6) is -4.75.